The van der Waals surface area contributed by atoms with E-state index in [4.69, 9.17) is 0 Å². The number of pyridine rings is 1. The van der Waals surface area contributed by atoms with Crippen molar-refractivity contribution in [1.82, 2.24) is 19.4 Å². The van der Waals surface area contributed by atoms with Crippen LogP contribution in [0, 0.1) is 0 Å². The number of benzene rings is 1. The van der Waals surface area contributed by atoms with Crippen LogP contribution < -0.4 is 10.6 Å². The van der Waals surface area contributed by atoms with Crippen molar-refractivity contribution in [2.75, 3.05) is 37.3 Å². The summed E-state index contributed by atoms with van der Waals surface area (Å²) in [6.45, 7) is 3.10. The molecule has 2 aliphatic heterocycles. The Kier molecular flexibility index (Phi) is 5.48. The fourth-order valence-corrected chi connectivity index (χ4v) is 5.51. The second-order valence-corrected chi connectivity index (χ2v) is 10.9. The summed E-state index contributed by atoms with van der Waals surface area (Å²) in [7, 11) is -3.34. The number of nitrogens with zero attached hydrogens (tertiary/aromatic N) is 4. The summed E-state index contributed by atoms with van der Waals surface area (Å²) >= 11 is 0. The molecule has 2 aromatic heterocycles. The molecular weight excluding hydrogens is 442 g/mol. The van der Waals surface area contributed by atoms with Gasteiger partial charge in [0, 0.05) is 44.7 Å². The van der Waals surface area contributed by atoms with Crippen LogP contribution in [0.3, 0.4) is 0 Å². The average molecular weight is 470 g/mol. The molecule has 9 nitrogen and oxygen atoms in total. The van der Waals surface area contributed by atoms with E-state index in [2.05, 4.69) is 14.9 Å². The third-order valence-corrected chi connectivity index (χ3v) is 7.77. The molecule has 0 saturated carbocycles. The van der Waals surface area contributed by atoms with E-state index < -0.39 is 9.84 Å². The first-order valence-corrected chi connectivity index (χ1v) is 13.1. The zero-order valence-corrected chi connectivity index (χ0v) is 19.3. The van der Waals surface area contributed by atoms with E-state index in [0.29, 0.717) is 16.6 Å². The van der Waals surface area contributed by atoms with Gasteiger partial charge in [-0.25, -0.2) is 18.2 Å². The van der Waals surface area contributed by atoms with Gasteiger partial charge in [0.05, 0.1) is 21.5 Å². The van der Waals surface area contributed by atoms with Gasteiger partial charge in [-0.05, 0) is 56.0 Å². The lowest BCUT2D eigenvalue weighted by Crippen LogP contribution is -2.37. The zero-order valence-electron chi connectivity index (χ0n) is 18.5. The minimum atomic E-state index is -3.34. The normalized spacial score (nSPS) is 17.7. The summed E-state index contributed by atoms with van der Waals surface area (Å²) in [5.74, 6) is 0.874. The van der Waals surface area contributed by atoms with Crippen LogP contribution in [0.5, 0.6) is 0 Å². The van der Waals surface area contributed by atoms with Crippen molar-refractivity contribution in [1.29, 1.82) is 0 Å². The van der Waals surface area contributed by atoms with Gasteiger partial charge in [0.25, 0.3) is 5.91 Å². The van der Waals surface area contributed by atoms with Crippen LogP contribution in [0.15, 0.2) is 46.2 Å². The van der Waals surface area contributed by atoms with Crippen LogP contribution in [-0.4, -0.2) is 66.2 Å². The molecule has 0 bridgehead atoms. The highest BCUT2D eigenvalue weighted by Crippen LogP contribution is 2.28. The first kappa shape index (κ1) is 21.7. The van der Waals surface area contributed by atoms with Gasteiger partial charge in [-0.15, -0.1) is 0 Å². The maximum Gasteiger partial charge on any atom is 0.326 e. The monoisotopic (exact) mass is 469 g/mol. The molecular formula is C23H27N5O4S. The Morgan fingerprint density at radius 2 is 1.79 bits per heavy atom. The third-order valence-electron chi connectivity index (χ3n) is 6.66. The van der Waals surface area contributed by atoms with E-state index in [1.54, 1.807) is 22.9 Å². The maximum atomic E-state index is 12.7. The number of likely N-dealkylation sites (tertiary alicyclic amines) is 1. The molecule has 33 heavy (non-hydrogen) atoms. The summed E-state index contributed by atoms with van der Waals surface area (Å²) in [4.78, 5) is 36.7. The Hall–Kier alpha value is -3.14. The smallest absolute Gasteiger partial charge is 0.326 e. The summed E-state index contributed by atoms with van der Waals surface area (Å²) in [5, 5.41) is 0. The average Bonchev–Trinajstić information content (AvgIpc) is 3.45. The molecule has 1 aromatic carbocycles. The molecule has 0 atom stereocenters. The van der Waals surface area contributed by atoms with Gasteiger partial charge in [0.1, 0.15) is 5.82 Å². The highest BCUT2D eigenvalue weighted by atomic mass is 32.2. The standard InChI is InChI=1S/C23H27N5O4S/c1-33(31,32)18-5-6-20-19(14-18)25-23(30)28(20)17-8-12-26(13-9-17)21-7-4-16(15-24-21)22(29)27-10-2-3-11-27/h4-7,14-15,17H,2-3,8-13H2,1H3,(H,25,30). The topological polar surface area (TPSA) is 108 Å². The van der Waals surface area contributed by atoms with Crippen molar-refractivity contribution in [3.63, 3.8) is 0 Å². The van der Waals surface area contributed by atoms with Gasteiger partial charge >= 0.3 is 5.69 Å². The fraction of sp³-hybridized carbons (Fsp3) is 0.435. The molecule has 0 spiro atoms. The van der Waals surface area contributed by atoms with Crippen LogP contribution in [0.2, 0.25) is 0 Å². The van der Waals surface area contributed by atoms with E-state index in [1.165, 1.54) is 6.07 Å². The molecule has 1 N–H and O–H groups in total. The van der Waals surface area contributed by atoms with E-state index in [-0.39, 0.29) is 22.5 Å². The molecule has 10 heteroatoms. The lowest BCUT2D eigenvalue weighted by Gasteiger charge is -2.33. The van der Waals surface area contributed by atoms with Crippen LogP contribution in [0.4, 0.5) is 5.82 Å². The number of sulfone groups is 1. The largest absolute Gasteiger partial charge is 0.356 e. The van der Waals surface area contributed by atoms with Crippen molar-refractivity contribution in [2.45, 2.75) is 36.6 Å². The number of anilines is 1. The molecule has 2 fully saturated rings. The molecule has 174 valence electrons. The number of carbonyl (C=O) groups excluding carboxylic acids is 1. The van der Waals surface area contributed by atoms with Crippen molar-refractivity contribution in [3.05, 3.63) is 52.6 Å². The van der Waals surface area contributed by atoms with Crippen LogP contribution >= 0.6 is 0 Å². The van der Waals surface area contributed by atoms with Gasteiger partial charge in [0.2, 0.25) is 0 Å². The minimum Gasteiger partial charge on any atom is -0.356 e. The quantitative estimate of drug-likeness (QED) is 0.628. The molecule has 3 aromatic rings. The number of carbonyl (C=O) groups is 1. The molecule has 5 rings (SSSR count). The van der Waals surface area contributed by atoms with Gasteiger partial charge in [-0.2, -0.15) is 0 Å². The summed E-state index contributed by atoms with van der Waals surface area (Å²) in [6.07, 6.45) is 6.45. The lowest BCUT2D eigenvalue weighted by atomic mass is 10.0. The van der Waals surface area contributed by atoms with Crippen LogP contribution in [-0.2, 0) is 9.84 Å². The van der Waals surface area contributed by atoms with E-state index in [1.807, 2.05) is 17.0 Å². The number of amides is 1. The third kappa shape index (κ3) is 4.15. The number of H-pyrrole nitrogens is 1. The number of imidazole rings is 1. The molecule has 0 unspecified atom stereocenters. The van der Waals surface area contributed by atoms with Crippen molar-refractivity contribution < 1.29 is 13.2 Å². The second-order valence-electron chi connectivity index (χ2n) is 8.87. The highest BCUT2D eigenvalue weighted by molar-refractivity contribution is 7.90. The first-order valence-electron chi connectivity index (χ1n) is 11.3. The van der Waals surface area contributed by atoms with Gasteiger partial charge in [-0.3, -0.25) is 9.36 Å². The van der Waals surface area contributed by atoms with Gasteiger partial charge in [-0.1, -0.05) is 0 Å². The first-order chi connectivity index (χ1) is 15.8. The maximum absolute atomic E-state index is 12.7. The number of nitrogens with one attached hydrogen (secondary N) is 1. The summed E-state index contributed by atoms with van der Waals surface area (Å²) in [5.41, 5.74) is 1.64. The zero-order chi connectivity index (χ0) is 23.2. The Morgan fingerprint density at radius 1 is 1.06 bits per heavy atom. The van der Waals surface area contributed by atoms with Gasteiger partial charge < -0.3 is 14.8 Å². The fourth-order valence-electron chi connectivity index (χ4n) is 4.86. The van der Waals surface area contributed by atoms with E-state index >= 15 is 0 Å². The number of hydrogen-bond acceptors (Lipinski definition) is 6. The van der Waals surface area contributed by atoms with Crippen molar-refractivity contribution in [3.8, 4) is 0 Å². The highest BCUT2D eigenvalue weighted by Gasteiger charge is 2.25. The molecule has 0 aliphatic carbocycles. The Balaban J connectivity index is 1.29. The number of rotatable bonds is 4. The van der Waals surface area contributed by atoms with Crippen LogP contribution in [0.25, 0.3) is 11.0 Å². The predicted octanol–water partition coefficient (Wildman–Crippen LogP) is 2.21. The Bertz CT molecular complexity index is 1350. The lowest BCUT2D eigenvalue weighted by molar-refractivity contribution is 0.0792. The van der Waals surface area contributed by atoms with E-state index in [0.717, 1.165) is 63.9 Å². The molecule has 2 saturated heterocycles. The Labute approximate surface area is 191 Å². The molecule has 2 aliphatic rings. The number of piperidine rings is 1. The number of aromatic amines is 1. The van der Waals surface area contributed by atoms with E-state index in [9.17, 15) is 18.0 Å². The summed E-state index contributed by atoms with van der Waals surface area (Å²) < 4.78 is 25.4. The number of aromatic nitrogens is 3. The second kappa shape index (κ2) is 8.33. The molecule has 4 heterocycles. The predicted molar refractivity (Wildman–Crippen MR) is 126 cm³/mol. The number of fused-ring (bicyclic) bond motifs is 1. The number of hydrogen-bond donors (Lipinski definition) is 1. The van der Waals surface area contributed by atoms with Gasteiger partial charge in [0.15, 0.2) is 9.84 Å². The molecule has 0 radical (unpaired) electrons. The van der Waals surface area contributed by atoms with Crippen LogP contribution in [0.1, 0.15) is 42.1 Å². The Morgan fingerprint density at radius 3 is 2.42 bits per heavy atom. The minimum absolute atomic E-state index is 0.0163. The molecule has 1 amide bonds. The summed E-state index contributed by atoms with van der Waals surface area (Å²) in [6, 6.07) is 8.53. The van der Waals surface area contributed by atoms with Crippen molar-refractivity contribution >= 4 is 32.6 Å². The van der Waals surface area contributed by atoms with Crippen molar-refractivity contribution in [2.24, 2.45) is 0 Å². The SMILES string of the molecule is CS(=O)(=O)c1ccc2c(c1)[nH]c(=O)n2C1CCN(c2ccc(C(=O)N3CCCC3)cn2)CC1.